The Morgan fingerprint density at radius 3 is 3.00 bits per heavy atom. The summed E-state index contributed by atoms with van der Waals surface area (Å²) in [4.78, 5) is 3.96. The summed E-state index contributed by atoms with van der Waals surface area (Å²) >= 11 is 0. The van der Waals surface area contributed by atoms with Gasteiger partial charge < -0.3 is 4.74 Å². The molecule has 1 N–H and O–H groups in total. The van der Waals surface area contributed by atoms with Crippen LogP contribution in [0.25, 0.3) is 0 Å². The van der Waals surface area contributed by atoms with Crippen LogP contribution in [-0.2, 0) is 17.6 Å². The van der Waals surface area contributed by atoms with Crippen LogP contribution in [0.4, 0.5) is 8.78 Å². The highest BCUT2D eigenvalue weighted by molar-refractivity contribution is 4.96. The summed E-state index contributed by atoms with van der Waals surface area (Å²) in [6, 6.07) is 1.90. The van der Waals surface area contributed by atoms with E-state index >= 15 is 0 Å². The zero-order valence-electron chi connectivity index (χ0n) is 7.91. The molecule has 7 heteroatoms. The molecular weight excluding hydrogens is 206 g/mol. The molecule has 82 valence electrons. The average molecular weight is 216 g/mol. The summed E-state index contributed by atoms with van der Waals surface area (Å²) < 4.78 is 28.0. The second kappa shape index (κ2) is 6.03. The Morgan fingerprint density at radius 1 is 1.53 bits per heavy atom. The molecule has 0 aliphatic rings. The first-order valence-corrected chi connectivity index (χ1v) is 4.35. The van der Waals surface area contributed by atoms with Crippen LogP contribution >= 0.6 is 0 Å². The van der Waals surface area contributed by atoms with Crippen molar-refractivity contribution in [2.24, 2.45) is 0 Å². The van der Waals surface area contributed by atoms with Gasteiger partial charge in [-0.2, -0.15) is 10.4 Å². The lowest BCUT2D eigenvalue weighted by Gasteiger charge is -2.00. The second-order valence-electron chi connectivity index (χ2n) is 2.75. The van der Waals surface area contributed by atoms with E-state index in [0.29, 0.717) is 18.1 Å². The van der Waals surface area contributed by atoms with Crippen molar-refractivity contribution >= 4 is 0 Å². The molecular formula is C8H10F2N4O. The first-order valence-electron chi connectivity index (χ1n) is 4.35. The molecule has 0 amide bonds. The van der Waals surface area contributed by atoms with Crippen LogP contribution < -0.4 is 0 Å². The predicted octanol–water partition coefficient (Wildman–Crippen LogP) is 0.695. The van der Waals surface area contributed by atoms with Gasteiger partial charge in [-0.15, -0.1) is 0 Å². The normalized spacial score (nSPS) is 10.5. The van der Waals surface area contributed by atoms with Gasteiger partial charge >= 0.3 is 0 Å². The van der Waals surface area contributed by atoms with Crippen molar-refractivity contribution in [2.45, 2.75) is 19.3 Å². The molecule has 1 aromatic rings. The maximum atomic E-state index is 11.7. The Morgan fingerprint density at radius 2 is 2.33 bits per heavy atom. The fraction of sp³-hybridized carbons (Fsp3) is 0.625. The van der Waals surface area contributed by atoms with E-state index in [9.17, 15) is 8.78 Å². The van der Waals surface area contributed by atoms with Crippen LogP contribution in [0, 0.1) is 11.3 Å². The molecule has 15 heavy (non-hydrogen) atoms. The lowest BCUT2D eigenvalue weighted by atomic mass is 10.4. The number of hydrogen-bond donors (Lipinski definition) is 1. The van der Waals surface area contributed by atoms with Gasteiger partial charge in [-0.3, -0.25) is 5.10 Å². The number of aromatic amines is 1. The third-order valence-electron chi connectivity index (χ3n) is 1.54. The molecule has 5 nitrogen and oxygen atoms in total. The zero-order chi connectivity index (χ0) is 11.1. The summed E-state index contributed by atoms with van der Waals surface area (Å²) in [5, 5.41) is 14.7. The van der Waals surface area contributed by atoms with Crippen LogP contribution in [0.3, 0.4) is 0 Å². The minimum absolute atomic E-state index is 0.133. The maximum Gasteiger partial charge on any atom is 0.261 e. The Hall–Kier alpha value is -1.55. The molecule has 0 aliphatic carbocycles. The smallest absolute Gasteiger partial charge is 0.261 e. The van der Waals surface area contributed by atoms with Crippen molar-refractivity contribution < 1.29 is 13.5 Å². The summed E-state index contributed by atoms with van der Waals surface area (Å²) in [5.41, 5.74) is 0. The number of nitrogens with zero attached hydrogens (tertiary/aromatic N) is 3. The van der Waals surface area contributed by atoms with Crippen molar-refractivity contribution in [3.8, 4) is 6.07 Å². The van der Waals surface area contributed by atoms with E-state index in [1.54, 1.807) is 0 Å². The van der Waals surface area contributed by atoms with Gasteiger partial charge in [0.1, 0.15) is 12.4 Å². The lowest BCUT2D eigenvalue weighted by molar-refractivity contribution is 0.0183. The Labute approximate surface area is 85.1 Å². The van der Waals surface area contributed by atoms with Crippen LogP contribution in [0.15, 0.2) is 0 Å². The minimum Gasteiger partial charge on any atom is -0.375 e. The highest BCUT2D eigenvalue weighted by atomic mass is 19.3. The van der Waals surface area contributed by atoms with Crippen molar-refractivity contribution in [3.05, 3.63) is 11.6 Å². The third-order valence-corrected chi connectivity index (χ3v) is 1.54. The quantitative estimate of drug-likeness (QED) is 0.710. The summed E-state index contributed by atoms with van der Waals surface area (Å²) in [5.74, 6) is 0.941. The van der Waals surface area contributed by atoms with Crippen LogP contribution in [0.1, 0.15) is 11.6 Å². The number of H-pyrrole nitrogens is 1. The van der Waals surface area contributed by atoms with Crippen LogP contribution in [-0.4, -0.2) is 34.8 Å². The van der Waals surface area contributed by atoms with Gasteiger partial charge in [-0.1, -0.05) is 0 Å². The standard InChI is InChI=1S/C8H10F2N4O/c9-6(10)5-15-4-2-8-12-7(1-3-11)13-14-8/h6H,1-2,4-5H2,(H,12,13,14). The van der Waals surface area contributed by atoms with Gasteiger partial charge in [0.2, 0.25) is 0 Å². The SMILES string of the molecule is N#CCc1n[nH]c(CCOCC(F)F)n1. The van der Waals surface area contributed by atoms with Crippen LogP contribution in [0.2, 0.25) is 0 Å². The molecule has 0 saturated heterocycles. The number of aromatic nitrogens is 3. The largest absolute Gasteiger partial charge is 0.375 e. The molecule has 0 atom stereocenters. The minimum atomic E-state index is -2.45. The number of rotatable bonds is 6. The maximum absolute atomic E-state index is 11.7. The number of ether oxygens (including phenoxy) is 1. The summed E-state index contributed by atoms with van der Waals surface area (Å²) in [6.07, 6.45) is -1.94. The van der Waals surface area contributed by atoms with E-state index in [1.165, 1.54) is 0 Å². The molecule has 1 heterocycles. The van der Waals surface area contributed by atoms with Gasteiger partial charge in [0.05, 0.1) is 19.1 Å². The van der Waals surface area contributed by atoms with E-state index in [0.717, 1.165) is 0 Å². The van der Waals surface area contributed by atoms with Crippen molar-refractivity contribution in [1.29, 1.82) is 5.26 Å². The monoisotopic (exact) mass is 216 g/mol. The predicted molar refractivity (Wildman–Crippen MR) is 46.2 cm³/mol. The fourth-order valence-corrected chi connectivity index (χ4v) is 0.938. The molecule has 0 radical (unpaired) electrons. The molecule has 1 aromatic heterocycles. The van der Waals surface area contributed by atoms with Gasteiger partial charge in [0.15, 0.2) is 5.82 Å². The van der Waals surface area contributed by atoms with E-state index in [4.69, 9.17) is 5.26 Å². The molecule has 0 aliphatic heterocycles. The molecule has 0 bridgehead atoms. The lowest BCUT2D eigenvalue weighted by Crippen LogP contribution is -2.07. The first-order chi connectivity index (χ1) is 7.22. The van der Waals surface area contributed by atoms with Crippen molar-refractivity contribution in [3.63, 3.8) is 0 Å². The zero-order valence-corrected chi connectivity index (χ0v) is 7.91. The number of alkyl halides is 2. The molecule has 0 aromatic carbocycles. The van der Waals surface area contributed by atoms with E-state index < -0.39 is 13.0 Å². The van der Waals surface area contributed by atoms with Gasteiger partial charge in [0.25, 0.3) is 6.43 Å². The van der Waals surface area contributed by atoms with Gasteiger partial charge in [0, 0.05) is 6.42 Å². The molecule has 0 spiro atoms. The fourth-order valence-electron chi connectivity index (χ4n) is 0.938. The van der Waals surface area contributed by atoms with Gasteiger partial charge in [-0.05, 0) is 0 Å². The number of nitriles is 1. The summed E-state index contributed by atoms with van der Waals surface area (Å²) in [7, 11) is 0. The number of nitrogens with one attached hydrogen (secondary N) is 1. The van der Waals surface area contributed by atoms with E-state index in [2.05, 4.69) is 19.9 Å². The first kappa shape index (κ1) is 11.5. The van der Waals surface area contributed by atoms with Gasteiger partial charge in [-0.25, -0.2) is 13.8 Å². The molecule has 0 saturated carbocycles. The highest BCUT2D eigenvalue weighted by Crippen LogP contribution is 1.97. The molecule has 0 fully saturated rings. The number of hydrogen-bond acceptors (Lipinski definition) is 4. The average Bonchev–Trinajstić information content (AvgIpc) is 2.61. The topological polar surface area (TPSA) is 74.6 Å². The van der Waals surface area contributed by atoms with E-state index in [-0.39, 0.29) is 13.0 Å². The Bertz CT molecular complexity index is 334. The second-order valence-corrected chi connectivity index (χ2v) is 2.75. The molecule has 0 unspecified atom stereocenters. The Balaban J connectivity index is 2.23. The van der Waals surface area contributed by atoms with E-state index in [1.807, 2.05) is 6.07 Å². The summed E-state index contributed by atoms with van der Waals surface area (Å²) in [6.45, 7) is -0.412. The third kappa shape index (κ3) is 4.46. The Kier molecular flexibility index (Phi) is 4.63. The van der Waals surface area contributed by atoms with Crippen molar-refractivity contribution in [1.82, 2.24) is 15.2 Å². The molecule has 1 rings (SSSR count). The number of halogens is 2. The highest BCUT2D eigenvalue weighted by Gasteiger charge is 2.04. The van der Waals surface area contributed by atoms with Crippen LogP contribution in [0.5, 0.6) is 0 Å². The van der Waals surface area contributed by atoms with Crippen molar-refractivity contribution in [2.75, 3.05) is 13.2 Å².